The van der Waals surface area contributed by atoms with Gasteiger partial charge in [0.2, 0.25) is 5.91 Å². The average Bonchev–Trinajstić information content (AvgIpc) is 3.18. The van der Waals surface area contributed by atoms with Gasteiger partial charge in [-0.3, -0.25) is 4.79 Å². The van der Waals surface area contributed by atoms with Crippen molar-refractivity contribution in [2.45, 2.75) is 12.6 Å². The smallest absolute Gasteiger partial charge is 0.231 e. The molecule has 1 amide bonds. The molecule has 2 atom stereocenters. The highest BCUT2D eigenvalue weighted by atomic mass is 35.5. The number of carbonyl (C=O) groups excluding carboxylic acids is 1. The Morgan fingerprint density at radius 1 is 1.40 bits per heavy atom. The predicted octanol–water partition coefficient (Wildman–Crippen LogP) is 1.21. The van der Waals surface area contributed by atoms with Gasteiger partial charge in [0.05, 0.1) is 17.8 Å². The lowest BCUT2D eigenvalue weighted by Gasteiger charge is -2.29. The van der Waals surface area contributed by atoms with E-state index in [1.54, 1.807) is 12.3 Å². The molecule has 2 heterocycles. The minimum absolute atomic E-state index is 0. The van der Waals surface area contributed by atoms with Gasteiger partial charge >= 0.3 is 0 Å². The molecule has 110 valence electrons. The van der Waals surface area contributed by atoms with Crippen LogP contribution >= 0.6 is 12.4 Å². The second kappa shape index (κ2) is 6.37. The first kappa shape index (κ1) is 15.0. The van der Waals surface area contributed by atoms with E-state index in [9.17, 15) is 9.18 Å². The molecule has 3 rings (SSSR count). The van der Waals surface area contributed by atoms with E-state index in [2.05, 4.69) is 20.5 Å². The van der Waals surface area contributed by atoms with Gasteiger partial charge in [0.15, 0.2) is 0 Å². The first-order valence-corrected chi connectivity index (χ1v) is 6.61. The predicted molar refractivity (Wildman–Crippen MR) is 78.2 cm³/mol. The molecule has 1 aliphatic carbocycles. The van der Waals surface area contributed by atoms with Crippen LogP contribution in [-0.4, -0.2) is 43.2 Å². The van der Waals surface area contributed by atoms with Crippen molar-refractivity contribution in [3.8, 4) is 0 Å². The van der Waals surface area contributed by atoms with Crippen molar-refractivity contribution in [1.29, 1.82) is 0 Å². The molecule has 2 fully saturated rings. The normalized spacial score (nSPS) is 24.8. The lowest BCUT2D eigenvalue weighted by Crippen LogP contribution is -2.43. The van der Waals surface area contributed by atoms with Crippen LogP contribution in [-0.2, 0) is 4.79 Å². The first-order valence-electron chi connectivity index (χ1n) is 6.61. The Labute approximate surface area is 123 Å². The van der Waals surface area contributed by atoms with Crippen LogP contribution in [0.4, 0.5) is 15.9 Å². The van der Waals surface area contributed by atoms with Crippen molar-refractivity contribution in [2.24, 2.45) is 5.92 Å². The molecule has 1 aliphatic heterocycles. The molecule has 2 N–H and O–H groups in total. The highest BCUT2D eigenvalue weighted by molar-refractivity contribution is 5.94. The highest BCUT2D eigenvalue weighted by Gasteiger charge is 2.43. The van der Waals surface area contributed by atoms with Gasteiger partial charge < -0.3 is 15.5 Å². The number of hydrogen-bond acceptors (Lipinski definition) is 4. The van der Waals surface area contributed by atoms with E-state index in [-0.39, 0.29) is 18.3 Å². The topological polar surface area (TPSA) is 57.3 Å². The summed E-state index contributed by atoms with van der Waals surface area (Å²) in [6.07, 6.45) is 1.12. The Morgan fingerprint density at radius 3 is 2.65 bits per heavy atom. The van der Waals surface area contributed by atoms with Crippen molar-refractivity contribution in [3.63, 3.8) is 0 Å². The Balaban J connectivity index is 0.00000147. The number of nitrogens with zero attached hydrogens (tertiary/aromatic N) is 2. The maximum atomic E-state index is 12.7. The number of halogens is 2. The zero-order valence-corrected chi connectivity index (χ0v) is 11.8. The SMILES string of the molecule is Cl.O=C(Nc1ccc(N2CCNCC2)cn1)[C@@H]1C[C@H]1F. The molecule has 1 saturated heterocycles. The zero-order chi connectivity index (χ0) is 13.2. The summed E-state index contributed by atoms with van der Waals surface area (Å²) in [5.41, 5.74) is 1.05. The third-order valence-electron chi connectivity index (χ3n) is 3.53. The summed E-state index contributed by atoms with van der Waals surface area (Å²) in [4.78, 5) is 18.0. The van der Waals surface area contributed by atoms with Gasteiger partial charge in [-0.1, -0.05) is 0 Å². The third-order valence-corrected chi connectivity index (χ3v) is 3.53. The molecule has 0 aromatic carbocycles. The Bertz CT molecular complexity index is 464. The Morgan fingerprint density at radius 2 is 2.10 bits per heavy atom. The fraction of sp³-hybridized carbons (Fsp3) is 0.538. The van der Waals surface area contributed by atoms with E-state index in [1.165, 1.54) is 0 Å². The average molecular weight is 301 g/mol. The second-order valence-corrected chi connectivity index (χ2v) is 4.99. The van der Waals surface area contributed by atoms with Gasteiger partial charge in [-0.2, -0.15) is 0 Å². The van der Waals surface area contributed by atoms with Gasteiger partial charge in [-0.05, 0) is 18.6 Å². The Kier molecular flexibility index (Phi) is 4.77. The van der Waals surface area contributed by atoms with E-state index in [0.29, 0.717) is 12.2 Å². The standard InChI is InChI=1S/C13H17FN4O.ClH/c14-11-7-10(11)13(19)17-12-2-1-9(8-16-12)18-5-3-15-4-6-18;/h1-2,8,10-11,15H,3-7H2,(H,16,17,19);1H/t10-,11-;/m1./s1. The number of aromatic nitrogens is 1. The lowest BCUT2D eigenvalue weighted by molar-refractivity contribution is -0.117. The minimum atomic E-state index is -0.972. The number of rotatable bonds is 3. The maximum Gasteiger partial charge on any atom is 0.231 e. The second-order valence-electron chi connectivity index (χ2n) is 4.99. The number of amides is 1. The molecule has 1 aromatic rings. The molecule has 0 radical (unpaired) electrons. The summed E-state index contributed by atoms with van der Waals surface area (Å²) in [7, 11) is 0. The first-order chi connectivity index (χ1) is 9.24. The van der Waals surface area contributed by atoms with Crippen molar-refractivity contribution >= 4 is 29.8 Å². The van der Waals surface area contributed by atoms with Gasteiger partial charge in [0.1, 0.15) is 12.0 Å². The summed E-state index contributed by atoms with van der Waals surface area (Å²) in [6.45, 7) is 3.86. The van der Waals surface area contributed by atoms with Crippen molar-refractivity contribution in [3.05, 3.63) is 18.3 Å². The summed E-state index contributed by atoms with van der Waals surface area (Å²) >= 11 is 0. The van der Waals surface area contributed by atoms with Crippen LogP contribution in [0.25, 0.3) is 0 Å². The Hall–Kier alpha value is -1.40. The minimum Gasteiger partial charge on any atom is -0.368 e. The van der Waals surface area contributed by atoms with Gasteiger partial charge in [-0.15, -0.1) is 12.4 Å². The van der Waals surface area contributed by atoms with E-state index in [4.69, 9.17) is 0 Å². The zero-order valence-electron chi connectivity index (χ0n) is 11.0. The molecule has 1 aromatic heterocycles. The lowest BCUT2D eigenvalue weighted by atomic mass is 10.3. The number of hydrogen-bond donors (Lipinski definition) is 2. The molecular formula is C13H18ClFN4O. The van der Waals surface area contributed by atoms with E-state index in [0.717, 1.165) is 31.9 Å². The number of pyridine rings is 1. The van der Waals surface area contributed by atoms with Crippen LogP contribution in [0, 0.1) is 5.92 Å². The van der Waals surface area contributed by atoms with Crippen LogP contribution < -0.4 is 15.5 Å². The van der Waals surface area contributed by atoms with E-state index in [1.807, 2.05) is 6.07 Å². The summed E-state index contributed by atoms with van der Waals surface area (Å²) in [6, 6.07) is 3.71. The monoisotopic (exact) mass is 300 g/mol. The molecule has 0 spiro atoms. The summed E-state index contributed by atoms with van der Waals surface area (Å²) < 4.78 is 12.7. The van der Waals surface area contributed by atoms with Gasteiger partial charge in [-0.25, -0.2) is 9.37 Å². The maximum absolute atomic E-state index is 12.7. The highest BCUT2D eigenvalue weighted by Crippen LogP contribution is 2.34. The van der Waals surface area contributed by atoms with Crippen molar-refractivity contribution < 1.29 is 9.18 Å². The van der Waals surface area contributed by atoms with Crippen molar-refractivity contribution in [1.82, 2.24) is 10.3 Å². The molecular weight excluding hydrogens is 283 g/mol. The quantitative estimate of drug-likeness (QED) is 0.881. The number of carbonyl (C=O) groups is 1. The molecule has 20 heavy (non-hydrogen) atoms. The van der Waals surface area contributed by atoms with E-state index < -0.39 is 12.1 Å². The van der Waals surface area contributed by atoms with Crippen LogP contribution in [0.3, 0.4) is 0 Å². The van der Waals surface area contributed by atoms with Crippen LogP contribution in [0.5, 0.6) is 0 Å². The van der Waals surface area contributed by atoms with Gasteiger partial charge in [0.25, 0.3) is 0 Å². The van der Waals surface area contributed by atoms with Crippen LogP contribution in [0.1, 0.15) is 6.42 Å². The summed E-state index contributed by atoms with van der Waals surface area (Å²) in [5.74, 6) is -0.257. The number of piperazine rings is 1. The van der Waals surface area contributed by atoms with Crippen molar-refractivity contribution in [2.75, 3.05) is 36.4 Å². The fourth-order valence-electron chi connectivity index (χ4n) is 2.22. The van der Waals surface area contributed by atoms with Gasteiger partial charge in [0, 0.05) is 26.2 Å². The number of nitrogens with one attached hydrogen (secondary N) is 2. The molecule has 0 bridgehead atoms. The molecule has 5 nitrogen and oxygen atoms in total. The number of anilines is 2. The van der Waals surface area contributed by atoms with Crippen LogP contribution in [0.2, 0.25) is 0 Å². The molecule has 1 saturated carbocycles. The number of alkyl halides is 1. The molecule has 2 aliphatic rings. The summed E-state index contributed by atoms with van der Waals surface area (Å²) in [5, 5.41) is 5.93. The van der Waals surface area contributed by atoms with E-state index >= 15 is 0 Å². The molecule has 0 unspecified atom stereocenters. The van der Waals surface area contributed by atoms with Crippen LogP contribution in [0.15, 0.2) is 18.3 Å². The molecule has 7 heteroatoms. The fourth-order valence-corrected chi connectivity index (χ4v) is 2.22. The third kappa shape index (κ3) is 3.37. The largest absolute Gasteiger partial charge is 0.368 e.